The first-order chi connectivity index (χ1) is 33.0. The van der Waals surface area contributed by atoms with Crippen LogP contribution in [-0.4, -0.2) is 96.8 Å². The van der Waals surface area contributed by atoms with Gasteiger partial charge in [-0.3, -0.25) is 0 Å². The zero-order valence-electron chi connectivity index (χ0n) is 43.3. The number of hydrogen-bond acceptors (Lipinski definition) is 11. The van der Waals surface area contributed by atoms with E-state index in [9.17, 15) is 26.4 Å². The molecule has 2 atom stereocenters. The van der Waals surface area contributed by atoms with Gasteiger partial charge in [0.05, 0.1) is 0 Å². The quantitative estimate of drug-likeness (QED) is 0.0928. The minimum atomic E-state index is -4.02. The van der Waals surface area contributed by atoms with E-state index in [4.69, 9.17) is 21.7 Å². The summed E-state index contributed by atoms with van der Waals surface area (Å²) in [5.74, 6) is 14.9. The van der Waals surface area contributed by atoms with Crippen LogP contribution in [0.3, 0.4) is 0 Å². The number of carbonyl (C=O) groups is 2. The Morgan fingerprint density at radius 2 is 1.07 bits per heavy atom. The molecule has 8 rings (SSSR count). The summed E-state index contributed by atoms with van der Waals surface area (Å²) in [6, 6.07) is 25.9. The van der Waals surface area contributed by atoms with Gasteiger partial charge in [0, 0.05) is 0 Å². The molecule has 388 valence electrons. The van der Waals surface area contributed by atoms with Crippen molar-refractivity contribution in [3.63, 3.8) is 0 Å². The van der Waals surface area contributed by atoms with Gasteiger partial charge < -0.3 is 0 Å². The molecule has 5 heterocycles. The average molecular weight is 1180 g/mol. The first-order valence-electron chi connectivity index (χ1n) is 23.8. The topological polar surface area (TPSA) is 191 Å². The van der Waals surface area contributed by atoms with E-state index < -0.39 is 58.4 Å². The van der Waals surface area contributed by atoms with Crippen LogP contribution in [0.15, 0.2) is 119 Å². The first-order valence-corrected chi connectivity index (χ1v) is 41.8. The molecule has 0 bridgehead atoms. The number of halogens is 2. The van der Waals surface area contributed by atoms with Crippen molar-refractivity contribution < 1.29 is 26.4 Å². The van der Waals surface area contributed by atoms with E-state index in [0.717, 1.165) is 27.9 Å². The number of nitrogens with one attached hydrogen (secondary N) is 2. The van der Waals surface area contributed by atoms with E-state index >= 15 is 0 Å². The molecule has 2 amide bonds. The first kappa shape index (κ1) is 58.4. The number of hydrogen-bond donors (Lipinski definition) is 2. The van der Waals surface area contributed by atoms with Crippen molar-refractivity contribution in [2.75, 3.05) is 11.4 Å². The number of benzene rings is 2. The molecule has 2 fully saturated rings. The number of anilines is 1. The van der Waals surface area contributed by atoms with Crippen molar-refractivity contribution >= 4 is 97.3 Å². The van der Waals surface area contributed by atoms with Gasteiger partial charge in [-0.15, -0.1) is 12.4 Å². The Kier molecular flexibility index (Phi) is 18.6. The van der Waals surface area contributed by atoms with Crippen molar-refractivity contribution in [1.29, 1.82) is 0 Å². The molecule has 0 radical (unpaired) electrons. The summed E-state index contributed by atoms with van der Waals surface area (Å²) in [7, 11) is -8.02. The van der Waals surface area contributed by atoms with Gasteiger partial charge in [0.15, 0.2) is 0 Å². The van der Waals surface area contributed by atoms with E-state index in [1.54, 1.807) is 70.2 Å². The summed E-state index contributed by atoms with van der Waals surface area (Å²) in [5, 5.41) is 9.21. The molecule has 15 nitrogen and oxygen atoms in total. The summed E-state index contributed by atoms with van der Waals surface area (Å²) in [6.45, 7) is 14.2. The molecule has 2 N–H and O–H groups in total. The normalized spacial score (nSPS) is 17.4. The van der Waals surface area contributed by atoms with Gasteiger partial charge in [0.1, 0.15) is 0 Å². The SMILES string of the molecule is C[C@@H]1CCC(C)(C)C1.C[C@@H]1CN(c2nc(-n3cc[c]([Ge]([CH3])([CH3])[CH3])n3)ccc2C(=O)NS(=O)(=O)c2ccccc2)C(C)(C)C1.Cl.[CH3][Ge]([CH3])([CH3])[c]1ccn(-c2ccc(C(=O)NS(=O)(=O)c3ccccc3)c(Cl)n2)n1. The van der Waals surface area contributed by atoms with Crippen molar-refractivity contribution in [2.45, 2.75) is 117 Å². The molecule has 1 saturated carbocycles. The van der Waals surface area contributed by atoms with Gasteiger partial charge in [-0.2, -0.15) is 0 Å². The molecular formula is C51H69Cl2Ge2N9O6S2. The van der Waals surface area contributed by atoms with Crippen LogP contribution < -0.4 is 23.4 Å². The maximum atomic E-state index is 13.3. The fourth-order valence-electron chi connectivity index (χ4n) is 8.79. The number of aromatic nitrogens is 6. The summed E-state index contributed by atoms with van der Waals surface area (Å²) in [4.78, 5) is 36.9. The van der Waals surface area contributed by atoms with Gasteiger partial charge in [-0.1, -0.05) is 63.6 Å². The van der Waals surface area contributed by atoms with E-state index in [1.807, 2.05) is 23.1 Å². The third-order valence-corrected chi connectivity index (χ3v) is 23.0. The predicted octanol–water partition coefficient (Wildman–Crippen LogP) is 9.40. The molecular weight excluding hydrogens is 1110 g/mol. The molecule has 1 saturated heterocycles. The van der Waals surface area contributed by atoms with Crippen molar-refractivity contribution in [1.82, 2.24) is 39.0 Å². The summed E-state index contributed by atoms with van der Waals surface area (Å²) in [5.41, 5.74) is 0.607. The molecule has 2 aromatic carbocycles. The molecule has 4 aromatic heterocycles. The Balaban J connectivity index is 0.000000232. The van der Waals surface area contributed by atoms with Gasteiger partial charge in [-0.25, -0.2) is 0 Å². The molecule has 72 heavy (non-hydrogen) atoms. The van der Waals surface area contributed by atoms with Gasteiger partial charge in [-0.05, 0) is 24.2 Å². The molecule has 1 aliphatic heterocycles. The van der Waals surface area contributed by atoms with Crippen molar-refractivity contribution in [3.8, 4) is 11.6 Å². The van der Waals surface area contributed by atoms with Crippen LogP contribution in [0.25, 0.3) is 11.6 Å². The van der Waals surface area contributed by atoms with Crippen LogP contribution in [0.1, 0.15) is 87.9 Å². The molecule has 0 spiro atoms. The number of amides is 2. The number of rotatable bonds is 11. The second kappa shape index (κ2) is 22.9. The summed E-state index contributed by atoms with van der Waals surface area (Å²) in [6.07, 6.45) is 8.96. The van der Waals surface area contributed by atoms with E-state index in [0.29, 0.717) is 28.8 Å². The molecule has 1 aliphatic carbocycles. The van der Waals surface area contributed by atoms with Crippen LogP contribution in [-0.2, 0) is 20.0 Å². The van der Waals surface area contributed by atoms with Crippen LogP contribution in [0, 0.1) is 17.3 Å². The summed E-state index contributed by atoms with van der Waals surface area (Å²) >= 11 is 1.95. The Morgan fingerprint density at radius 3 is 1.43 bits per heavy atom. The second-order valence-corrected chi connectivity index (χ2v) is 46.8. The average Bonchev–Trinajstić information content (AvgIpc) is 4.10. The maximum absolute atomic E-state index is 13.3. The number of carbonyl (C=O) groups excluding carboxylic acids is 2. The Morgan fingerprint density at radius 1 is 0.625 bits per heavy atom. The Labute approximate surface area is 442 Å². The minimum absolute atomic E-state index is 0. The van der Waals surface area contributed by atoms with Gasteiger partial charge in [0.25, 0.3) is 0 Å². The van der Waals surface area contributed by atoms with Crippen LogP contribution in [0.4, 0.5) is 5.82 Å². The van der Waals surface area contributed by atoms with E-state index in [1.165, 1.54) is 49.6 Å². The second-order valence-electron chi connectivity index (χ2n) is 22.1. The number of nitrogens with zero attached hydrogens (tertiary/aromatic N) is 7. The predicted molar refractivity (Wildman–Crippen MR) is 295 cm³/mol. The molecule has 6 aromatic rings. The number of sulfonamides is 2. The van der Waals surface area contributed by atoms with Crippen LogP contribution in [0.2, 0.25) is 39.7 Å². The van der Waals surface area contributed by atoms with Crippen molar-refractivity contribution in [2.24, 2.45) is 17.3 Å². The van der Waals surface area contributed by atoms with Gasteiger partial charge >= 0.3 is 346 Å². The Hall–Kier alpha value is -4.53. The monoisotopic (exact) mass is 1190 g/mol. The van der Waals surface area contributed by atoms with Crippen LogP contribution in [0.5, 0.6) is 0 Å². The zero-order valence-corrected chi connectivity index (χ0v) is 50.7. The fraction of sp³-hybridized carbons (Fsp3) is 0.412. The molecule has 0 unspecified atom stereocenters. The fourth-order valence-corrected chi connectivity index (χ4v) is 15.1. The number of pyridine rings is 2. The van der Waals surface area contributed by atoms with Crippen molar-refractivity contribution in [3.05, 3.63) is 126 Å². The third-order valence-electron chi connectivity index (χ3n) is 12.5. The zero-order chi connectivity index (χ0) is 52.3. The Bertz CT molecular complexity index is 3090. The third kappa shape index (κ3) is 14.8. The van der Waals surface area contributed by atoms with Gasteiger partial charge in [0.2, 0.25) is 0 Å². The standard InChI is InChI=1S/C25H33GeN5O3S.C18H19ClGeN4O3S.C8H16.ClH/c1-18-16-25(2,3)30(17-18)23-20(24(32)29-35(33,34)19-10-8-7-9-11-19)12-13-22(27-23)31-15-14-21(28-31)26(4,5)6;1-20(2,3)15-11-12-24(22-15)16-10-9-14(17(19)21-16)18(25)23-28(26,27)13-7-5-4-6-8-13;1-7-4-5-8(2,3)6-7;/h7-15,18H,16-17H2,1-6H3,(H,29,32);4-12H,1-3H3,(H,23,25);7H,4-6H2,1-3H3;1H/t18-;;7-;/m0.1./s1. The summed E-state index contributed by atoms with van der Waals surface area (Å²) < 4.78 is 60.0. The van der Waals surface area contributed by atoms with E-state index in [2.05, 4.69) is 95.8 Å². The van der Waals surface area contributed by atoms with Crippen LogP contribution >= 0.6 is 24.0 Å². The molecule has 21 heteroatoms. The van der Waals surface area contributed by atoms with E-state index in [-0.39, 0.29) is 44.0 Å². The molecule has 2 aliphatic rings.